The van der Waals surface area contributed by atoms with Crippen LogP contribution >= 0.6 is 21.6 Å². The van der Waals surface area contributed by atoms with Crippen molar-refractivity contribution in [1.29, 1.82) is 0 Å². The zero-order valence-corrected chi connectivity index (χ0v) is 41.3. The number of hydrogen-bond donors (Lipinski definition) is 2. The number of ether oxygens (including phenoxy) is 4. The van der Waals surface area contributed by atoms with Gasteiger partial charge in [-0.2, -0.15) is 0 Å². The molecule has 3 aromatic rings. The van der Waals surface area contributed by atoms with Gasteiger partial charge in [0.05, 0.1) is 36.2 Å². The van der Waals surface area contributed by atoms with Gasteiger partial charge in [-0.25, -0.2) is 9.78 Å². The fourth-order valence-corrected chi connectivity index (χ4v) is 10.4. The van der Waals surface area contributed by atoms with E-state index in [4.69, 9.17) is 18.9 Å². The van der Waals surface area contributed by atoms with Crippen molar-refractivity contribution in [1.82, 2.24) is 10.3 Å². The van der Waals surface area contributed by atoms with E-state index in [1.54, 1.807) is 74.7 Å². The number of rotatable bonds is 12. The number of fused-ring (bicyclic) bond motifs is 5. The molecule has 2 fully saturated rings. The number of epoxide rings is 1. The lowest BCUT2D eigenvalue weighted by atomic mass is 9.84. The first kappa shape index (κ1) is 51.0. The van der Waals surface area contributed by atoms with E-state index in [2.05, 4.69) is 10.3 Å². The van der Waals surface area contributed by atoms with Crippen molar-refractivity contribution in [2.75, 3.05) is 31.0 Å². The molecule has 0 aliphatic carbocycles. The number of alkyl carbamates (subject to hydrolysis) is 1. The third kappa shape index (κ3) is 12.4. The Morgan fingerprint density at radius 1 is 1.16 bits per heavy atom. The van der Waals surface area contributed by atoms with Crippen LogP contribution in [0.5, 0.6) is 5.75 Å². The first-order chi connectivity index (χ1) is 31.5. The van der Waals surface area contributed by atoms with Gasteiger partial charge in [0.2, 0.25) is 11.8 Å². The van der Waals surface area contributed by atoms with Gasteiger partial charge >= 0.3 is 12.1 Å². The quantitative estimate of drug-likeness (QED) is 0.0572. The molecule has 16 nitrogen and oxygen atoms in total. The highest BCUT2D eigenvalue weighted by molar-refractivity contribution is 8.77. The molecule has 2 saturated heterocycles. The summed E-state index contributed by atoms with van der Waals surface area (Å²) in [6.45, 7) is 13.1. The molecule has 3 aliphatic heterocycles. The number of hydrogen-bond acceptors (Lipinski definition) is 14. The van der Waals surface area contributed by atoms with E-state index in [0.717, 1.165) is 16.7 Å². The van der Waals surface area contributed by atoms with Gasteiger partial charge < -0.3 is 33.9 Å². The molecule has 18 heteroatoms. The number of amides is 3. The van der Waals surface area contributed by atoms with Crippen molar-refractivity contribution < 1.29 is 48.2 Å². The number of nitro groups is 1. The Kier molecular flexibility index (Phi) is 15.9. The van der Waals surface area contributed by atoms with Gasteiger partial charge in [-0.1, -0.05) is 67.5 Å². The molecule has 2 aromatic carbocycles. The number of benzene rings is 2. The van der Waals surface area contributed by atoms with Crippen molar-refractivity contribution in [3.63, 3.8) is 0 Å². The molecule has 67 heavy (non-hydrogen) atoms. The first-order valence-corrected chi connectivity index (χ1v) is 24.4. The lowest BCUT2D eigenvalue weighted by Crippen LogP contribution is -2.57. The molecule has 1 aromatic heterocycles. The second-order valence-corrected chi connectivity index (χ2v) is 21.5. The fourth-order valence-electron chi connectivity index (χ4n) is 8.25. The van der Waals surface area contributed by atoms with Gasteiger partial charge in [0.1, 0.15) is 40.5 Å². The molecule has 3 aliphatic rings. The minimum atomic E-state index is -1.57. The molecule has 2 N–H and O–H groups in total. The highest BCUT2D eigenvalue weighted by Gasteiger charge is 2.64. The maximum absolute atomic E-state index is 14.6. The number of carbonyl (C=O) groups is 4. The van der Waals surface area contributed by atoms with Gasteiger partial charge in [0.15, 0.2) is 0 Å². The molecule has 6 rings (SSSR count). The summed E-state index contributed by atoms with van der Waals surface area (Å²) in [7, 11) is 7.92. The molecule has 0 spiro atoms. The van der Waals surface area contributed by atoms with E-state index < -0.39 is 58.5 Å². The fraction of sp³-hybridized carbons (Fsp3) is 0.490. The minimum Gasteiger partial charge on any atom is -0.496 e. The number of nitrogens with zero attached hydrogens (tertiary/aromatic N) is 4. The van der Waals surface area contributed by atoms with Gasteiger partial charge in [-0.05, 0) is 92.8 Å². The largest absolute Gasteiger partial charge is 0.496 e. The van der Waals surface area contributed by atoms with Crippen molar-refractivity contribution in [3.05, 3.63) is 94.2 Å². The highest BCUT2D eigenvalue weighted by Crippen LogP contribution is 2.50. The summed E-state index contributed by atoms with van der Waals surface area (Å²) in [5.41, 5.74) is 1.66. The Balaban J connectivity index is 1.28. The Bertz CT molecular complexity index is 2410. The number of methoxy groups -OCH3 is 1. The lowest BCUT2D eigenvalue weighted by molar-refractivity contribution is -0.385. The first-order valence-electron chi connectivity index (χ1n) is 22.3. The minimum absolute atomic E-state index is 0.0747. The van der Waals surface area contributed by atoms with Gasteiger partial charge in [-0.15, -0.1) is 0 Å². The van der Waals surface area contributed by atoms with Crippen LogP contribution in [-0.4, -0.2) is 94.5 Å². The molecule has 4 bridgehead atoms. The zero-order chi connectivity index (χ0) is 49.0. The number of aromatic nitrogens is 1. The number of carbonyl (C=O) groups excluding carboxylic acids is 4. The molecule has 0 saturated carbocycles. The average molecular weight is 960 g/mol. The molecular weight excluding hydrogens is 899 g/mol. The van der Waals surface area contributed by atoms with Crippen molar-refractivity contribution in [2.45, 2.75) is 126 Å². The van der Waals surface area contributed by atoms with Crippen LogP contribution in [0.2, 0.25) is 0 Å². The van der Waals surface area contributed by atoms with E-state index in [9.17, 15) is 34.4 Å². The second-order valence-electron chi connectivity index (χ2n) is 18.7. The normalized spacial score (nSPS) is 25.7. The summed E-state index contributed by atoms with van der Waals surface area (Å²) in [6.07, 6.45) is 5.05. The van der Waals surface area contributed by atoms with E-state index in [0.29, 0.717) is 40.6 Å². The number of esters is 1. The standard InChI is InChI=1S/C49H61N5O11S2/c1-29(2)45(57)64-39-26-42(56)53(9)36-24-32(23-30(3)13-11-12-21-49(59)27-38(63-46(58)51-49)31(4)44-48(39,7)65-44)25-37(62-10)43(36)33-14-16-34(17-15-33)52(8)41(55)20-22-47(5,6)67-66-40-19-18-35(28-50-40)54(60)61/h11-19,24-25,28-29,31,38-39,44,59H,20-23,26-27H2,1-10H3,(H,51,58)/b12-11+,30-13+/t31-,38+,39+,44+,48+,49-/m1/s1. The molecule has 0 radical (unpaired) electrons. The summed E-state index contributed by atoms with van der Waals surface area (Å²) in [6, 6.07) is 14.4. The molecular formula is C49H61N5O11S2. The van der Waals surface area contributed by atoms with Crippen LogP contribution in [0.15, 0.2) is 83.6 Å². The molecule has 3 amide bonds. The zero-order valence-electron chi connectivity index (χ0n) is 39.7. The Labute approximate surface area is 399 Å². The summed E-state index contributed by atoms with van der Waals surface area (Å²) in [4.78, 5) is 72.0. The molecule has 0 unspecified atom stereocenters. The van der Waals surface area contributed by atoms with Crippen LogP contribution in [-0.2, 0) is 35.0 Å². The second kappa shape index (κ2) is 20.8. The van der Waals surface area contributed by atoms with E-state index >= 15 is 0 Å². The van der Waals surface area contributed by atoms with Crippen LogP contribution in [0, 0.1) is 22.0 Å². The predicted molar refractivity (Wildman–Crippen MR) is 259 cm³/mol. The molecule has 6 atom stereocenters. The Morgan fingerprint density at radius 3 is 2.52 bits per heavy atom. The van der Waals surface area contributed by atoms with Gasteiger partial charge in [0, 0.05) is 61.3 Å². The summed E-state index contributed by atoms with van der Waals surface area (Å²) in [5.74, 6) is -1.34. The highest BCUT2D eigenvalue weighted by atomic mass is 33.1. The van der Waals surface area contributed by atoms with Crippen LogP contribution in [0.4, 0.5) is 21.9 Å². The third-order valence-corrected chi connectivity index (χ3v) is 15.8. The van der Waals surface area contributed by atoms with Crippen LogP contribution in [0.3, 0.4) is 0 Å². The number of nitrogens with one attached hydrogen (secondary N) is 1. The number of anilines is 2. The van der Waals surface area contributed by atoms with Gasteiger partial charge in [-0.3, -0.25) is 29.8 Å². The van der Waals surface area contributed by atoms with Crippen molar-refractivity contribution >= 4 is 62.5 Å². The van der Waals surface area contributed by atoms with Crippen LogP contribution < -0.4 is 19.9 Å². The van der Waals surface area contributed by atoms with Crippen molar-refractivity contribution in [2.24, 2.45) is 11.8 Å². The topological polar surface area (TPSA) is 203 Å². The molecule has 4 heterocycles. The third-order valence-electron chi connectivity index (χ3n) is 12.5. The number of pyridine rings is 1. The van der Waals surface area contributed by atoms with Crippen LogP contribution in [0.25, 0.3) is 11.1 Å². The van der Waals surface area contributed by atoms with Gasteiger partial charge in [0.25, 0.3) is 5.69 Å². The number of aliphatic hydroxyl groups is 1. The van der Waals surface area contributed by atoms with E-state index in [1.165, 1.54) is 23.1 Å². The predicted octanol–water partition coefficient (Wildman–Crippen LogP) is 8.98. The van der Waals surface area contributed by atoms with Crippen LogP contribution in [0.1, 0.15) is 86.1 Å². The SMILES string of the molecule is COc1cc2cc(c1-c1ccc(N(C)C(=O)CCC(C)(C)SSc3ccc([N+](=O)[O-])cn3)cc1)N(C)C(=O)C[C@H](OC(=O)C(C)C)[C@]1(C)O[C@H]1[C@H](C)[C@@H]1C[C@](O)(C/C=C/C=C(\C)C2)NC(=O)O1. The lowest BCUT2D eigenvalue weighted by Gasteiger charge is -2.39. The summed E-state index contributed by atoms with van der Waals surface area (Å²) in [5, 5.41) is 25.7. The number of allylic oxidation sites excluding steroid dienone is 3. The Morgan fingerprint density at radius 2 is 1.88 bits per heavy atom. The smallest absolute Gasteiger partial charge is 0.409 e. The van der Waals surface area contributed by atoms with Crippen molar-refractivity contribution in [3.8, 4) is 16.9 Å². The Hall–Kier alpha value is -5.43. The van der Waals surface area contributed by atoms with E-state index in [1.807, 2.05) is 76.2 Å². The van der Waals surface area contributed by atoms with E-state index in [-0.39, 0.29) is 47.9 Å². The monoisotopic (exact) mass is 959 g/mol. The average Bonchev–Trinajstić information content (AvgIpc) is 3.99. The summed E-state index contributed by atoms with van der Waals surface area (Å²) >= 11 is 0. The maximum atomic E-state index is 14.6. The maximum Gasteiger partial charge on any atom is 0.409 e. The summed E-state index contributed by atoms with van der Waals surface area (Å²) < 4.78 is 23.8. The molecule has 360 valence electrons.